The van der Waals surface area contributed by atoms with Gasteiger partial charge in [-0.05, 0) is 40.0 Å². The predicted octanol–water partition coefficient (Wildman–Crippen LogP) is 1.20. The van der Waals surface area contributed by atoms with Crippen LogP contribution in [0.1, 0.15) is 12.5 Å². The molecule has 3 rings (SSSR count). The molecule has 1 atom stereocenters. The number of nitrogens with zero attached hydrogens (tertiary/aromatic N) is 4. The Hall–Kier alpha value is -2.39. The minimum absolute atomic E-state index is 0.0609. The van der Waals surface area contributed by atoms with E-state index >= 15 is 0 Å². The maximum absolute atomic E-state index is 12.5. The van der Waals surface area contributed by atoms with Crippen LogP contribution in [-0.2, 0) is 27.1 Å². The SMILES string of the molecule is CCc1cccc(OC[C@@H](O)Cn2c(Br)nc3c2c(=O)n(C)c(=O)n3C)c1. The summed E-state index contributed by atoms with van der Waals surface area (Å²) in [6.07, 6.45) is 0.0290. The number of aliphatic hydroxyl groups excluding tert-OH is 1. The molecule has 1 N–H and O–H groups in total. The molecule has 8 nitrogen and oxygen atoms in total. The van der Waals surface area contributed by atoms with Crippen LogP contribution in [0.25, 0.3) is 11.2 Å². The number of fused-ring (bicyclic) bond motifs is 1. The zero-order valence-corrected chi connectivity index (χ0v) is 16.9. The molecule has 0 radical (unpaired) electrons. The van der Waals surface area contributed by atoms with Gasteiger partial charge in [0.05, 0.1) is 6.54 Å². The van der Waals surface area contributed by atoms with Crippen molar-refractivity contribution in [2.24, 2.45) is 14.1 Å². The van der Waals surface area contributed by atoms with E-state index in [4.69, 9.17) is 4.74 Å². The number of rotatable bonds is 6. The largest absolute Gasteiger partial charge is 0.491 e. The summed E-state index contributed by atoms with van der Waals surface area (Å²) in [5.41, 5.74) is 0.742. The molecule has 0 amide bonds. The Labute approximate surface area is 163 Å². The maximum Gasteiger partial charge on any atom is 0.332 e. The molecular weight excluding hydrogens is 416 g/mol. The number of ether oxygens (including phenoxy) is 1. The average Bonchev–Trinajstić information content (AvgIpc) is 2.99. The molecule has 3 aromatic rings. The predicted molar refractivity (Wildman–Crippen MR) is 105 cm³/mol. The molecule has 144 valence electrons. The van der Waals surface area contributed by atoms with E-state index in [1.54, 1.807) is 11.6 Å². The Morgan fingerprint density at radius 3 is 2.70 bits per heavy atom. The first-order valence-corrected chi connectivity index (χ1v) is 9.34. The lowest BCUT2D eigenvalue weighted by Gasteiger charge is -2.15. The number of aliphatic hydroxyl groups is 1. The van der Waals surface area contributed by atoms with Crippen LogP contribution in [0.2, 0.25) is 0 Å². The Balaban J connectivity index is 1.85. The minimum atomic E-state index is -0.870. The molecule has 0 saturated heterocycles. The van der Waals surface area contributed by atoms with Crippen LogP contribution in [0.4, 0.5) is 0 Å². The Kier molecular flexibility index (Phi) is 5.52. The van der Waals surface area contributed by atoms with Gasteiger partial charge in [0.1, 0.15) is 18.5 Å². The minimum Gasteiger partial charge on any atom is -0.491 e. The van der Waals surface area contributed by atoms with Crippen LogP contribution in [-0.4, -0.2) is 36.5 Å². The third kappa shape index (κ3) is 3.70. The molecule has 0 aliphatic heterocycles. The molecule has 2 aromatic heterocycles. The summed E-state index contributed by atoms with van der Waals surface area (Å²) in [4.78, 5) is 28.8. The average molecular weight is 437 g/mol. The fourth-order valence-electron chi connectivity index (χ4n) is 2.90. The molecular formula is C18H21BrN4O4. The van der Waals surface area contributed by atoms with Gasteiger partial charge in [-0.15, -0.1) is 0 Å². The highest BCUT2D eigenvalue weighted by atomic mass is 79.9. The zero-order valence-electron chi connectivity index (χ0n) is 15.3. The molecule has 9 heteroatoms. The molecule has 27 heavy (non-hydrogen) atoms. The van der Waals surface area contributed by atoms with Gasteiger partial charge in [0.25, 0.3) is 5.56 Å². The van der Waals surface area contributed by atoms with Crippen molar-refractivity contribution in [2.45, 2.75) is 26.0 Å². The van der Waals surface area contributed by atoms with Gasteiger partial charge in [-0.1, -0.05) is 19.1 Å². The van der Waals surface area contributed by atoms with E-state index in [0.717, 1.165) is 16.6 Å². The van der Waals surface area contributed by atoms with E-state index in [0.29, 0.717) is 10.5 Å². The van der Waals surface area contributed by atoms with Crippen molar-refractivity contribution in [3.8, 4) is 5.75 Å². The standard InChI is InChI=1S/C18H21BrN4O4/c1-4-11-6-5-7-13(8-11)27-10-12(24)9-23-14-15(20-17(23)19)21(2)18(26)22(3)16(14)25/h5-8,12,24H,4,9-10H2,1-3H3/t12-/m0/s1. The summed E-state index contributed by atoms with van der Waals surface area (Å²) in [6, 6.07) is 7.68. The highest BCUT2D eigenvalue weighted by molar-refractivity contribution is 9.10. The number of hydrogen-bond acceptors (Lipinski definition) is 5. The lowest BCUT2D eigenvalue weighted by Crippen LogP contribution is -2.38. The van der Waals surface area contributed by atoms with Gasteiger partial charge in [-0.3, -0.25) is 13.9 Å². The number of halogens is 1. The normalized spacial score (nSPS) is 12.5. The first kappa shape index (κ1) is 19.4. The van der Waals surface area contributed by atoms with Gasteiger partial charge in [0.15, 0.2) is 15.9 Å². The van der Waals surface area contributed by atoms with Gasteiger partial charge in [-0.25, -0.2) is 9.78 Å². The lowest BCUT2D eigenvalue weighted by molar-refractivity contribution is 0.0928. The smallest absolute Gasteiger partial charge is 0.332 e. The number of hydrogen-bond donors (Lipinski definition) is 1. The molecule has 0 fully saturated rings. The molecule has 0 aliphatic carbocycles. The molecule has 0 saturated carbocycles. The zero-order chi connectivity index (χ0) is 19.7. The van der Waals surface area contributed by atoms with Crippen LogP contribution in [0.15, 0.2) is 38.6 Å². The Morgan fingerprint density at radius 2 is 2.00 bits per heavy atom. The van der Waals surface area contributed by atoms with E-state index in [1.807, 2.05) is 24.3 Å². The highest BCUT2D eigenvalue weighted by Gasteiger charge is 2.20. The summed E-state index contributed by atoms with van der Waals surface area (Å²) in [5.74, 6) is 0.682. The van der Waals surface area contributed by atoms with Crippen molar-refractivity contribution >= 4 is 27.1 Å². The van der Waals surface area contributed by atoms with Crippen LogP contribution < -0.4 is 16.0 Å². The van der Waals surface area contributed by atoms with Gasteiger partial charge in [0.2, 0.25) is 0 Å². The lowest BCUT2D eigenvalue weighted by atomic mass is 10.2. The second-order valence-corrected chi connectivity index (χ2v) is 7.04. The van der Waals surface area contributed by atoms with Crippen molar-refractivity contribution in [1.29, 1.82) is 0 Å². The Bertz CT molecular complexity index is 1100. The fraction of sp³-hybridized carbons (Fsp3) is 0.389. The summed E-state index contributed by atoms with van der Waals surface area (Å²) in [7, 11) is 2.96. The van der Waals surface area contributed by atoms with Crippen LogP contribution in [0.3, 0.4) is 0 Å². The van der Waals surface area contributed by atoms with E-state index in [1.165, 1.54) is 11.6 Å². The van der Waals surface area contributed by atoms with Crippen molar-refractivity contribution in [2.75, 3.05) is 6.61 Å². The van der Waals surface area contributed by atoms with Crippen molar-refractivity contribution in [3.05, 3.63) is 55.4 Å². The second kappa shape index (κ2) is 7.69. The number of aromatic nitrogens is 4. The van der Waals surface area contributed by atoms with Crippen molar-refractivity contribution in [1.82, 2.24) is 18.7 Å². The molecule has 1 aromatic carbocycles. The first-order chi connectivity index (χ1) is 12.8. The van der Waals surface area contributed by atoms with E-state index in [-0.39, 0.29) is 24.3 Å². The van der Waals surface area contributed by atoms with Crippen LogP contribution in [0.5, 0.6) is 5.75 Å². The van der Waals surface area contributed by atoms with Crippen LogP contribution in [0, 0.1) is 0 Å². The van der Waals surface area contributed by atoms with Crippen molar-refractivity contribution in [3.63, 3.8) is 0 Å². The second-order valence-electron chi connectivity index (χ2n) is 6.34. The highest BCUT2D eigenvalue weighted by Crippen LogP contribution is 2.18. The topological polar surface area (TPSA) is 91.3 Å². The van der Waals surface area contributed by atoms with E-state index in [9.17, 15) is 14.7 Å². The van der Waals surface area contributed by atoms with Crippen molar-refractivity contribution < 1.29 is 9.84 Å². The van der Waals surface area contributed by atoms with Gasteiger partial charge < -0.3 is 14.4 Å². The van der Waals surface area contributed by atoms with E-state index < -0.39 is 17.4 Å². The maximum atomic E-state index is 12.5. The number of benzene rings is 1. The quantitative estimate of drug-likeness (QED) is 0.586. The van der Waals surface area contributed by atoms with Gasteiger partial charge in [-0.2, -0.15) is 0 Å². The summed E-state index contributed by atoms with van der Waals surface area (Å²) >= 11 is 3.31. The Morgan fingerprint density at radius 1 is 1.26 bits per heavy atom. The fourth-order valence-corrected chi connectivity index (χ4v) is 3.39. The molecule has 0 spiro atoms. The van der Waals surface area contributed by atoms with Gasteiger partial charge in [0, 0.05) is 14.1 Å². The summed E-state index contributed by atoms with van der Waals surface area (Å²) in [5, 5.41) is 10.4. The monoisotopic (exact) mass is 436 g/mol. The number of imidazole rings is 1. The summed E-state index contributed by atoms with van der Waals surface area (Å²) in [6.45, 7) is 2.22. The first-order valence-electron chi connectivity index (χ1n) is 8.55. The third-order valence-corrected chi connectivity index (χ3v) is 5.05. The third-order valence-electron chi connectivity index (χ3n) is 4.44. The molecule has 2 heterocycles. The number of aryl methyl sites for hydroxylation is 2. The van der Waals surface area contributed by atoms with Gasteiger partial charge >= 0.3 is 5.69 Å². The molecule has 0 unspecified atom stereocenters. The molecule has 0 bridgehead atoms. The van der Waals surface area contributed by atoms with E-state index in [2.05, 4.69) is 27.8 Å². The summed E-state index contributed by atoms with van der Waals surface area (Å²) < 4.78 is 9.91. The molecule has 0 aliphatic rings. The van der Waals surface area contributed by atoms with Crippen LogP contribution >= 0.6 is 15.9 Å².